The molecule has 0 aliphatic carbocycles. The zero-order chi connectivity index (χ0) is 13.5. The monoisotopic (exact) mass is 253 g/mol. The second kappa shape index (κ2) is 7.51. The molecule has 104 valence electrons. The highest BCUT2D eigenvalue weighted by Crippen LogP contribution is 2.11. The van der Waals surface area contributed by atoms with Gasteiger partial charge in [-0.3, -0.25) is 16.0 Å². The van der Waals surface area contributed by atoms with Crippen LogP contribution in [0.25, 0.3) is 0 Å². The molecule has 0 radical (unpaired) electrons. The minimum atomic E-state index is 0.285. The summed E-state index contributed by atoms with van der Waals surface area (Å²) in [7, 11) is 4.15. The molecular formula is C13H27N5. The van der Waals surface area contributed by atoms with Crippen molar-refractivity contribution in [3.05, 3.63) is 18.0 Å². The standard InChI is InChI=1S/C13H27N5/c1-5-11(2)18-9-7-13(16-18)10-12(15-14)6-8-17(3)4/h7,9,11-12,15H,5-6,8,10,14H2,1-4H3. The fourth-order valence-corrected chi connectivity index (χ4v) is 1.83. The van der Waals surface area contributed by atoms with Crippen LogP contribution in [-0.4, -0.2) is 41.4 Å². The molecule has 0 fully saturated rings. The van der Waals surface area contributed by atoms with Gasteiger partial charge in [0, 0.05) is 24.7 Å². The lowest BCUT2D eigenvalue weighted by Gasteiger charge is -2.17. The molecule has 1 rings (SSSR count). The topological polar surface area (TPSA) is 59.1 Å². The third-order valence-corrected chi connectivity index (χ3v) is 3.32. The summed E-state index contributed by atoms with van der Waals surface area (Å²) >= 11 is 0. The summed E-state index contributed by atoms with van der Waals surface area (Å²) in [4.78, 5) is 2.17. The Kier molecular flexibility index (Phi) is 6.32. The molecule has 18 heavy (non-hydrogen) atoms. The number of rotatable bonds is 8. The molecular weight excluding hydrogens is 226 g/mol. The number of nitrogens with zero attached hydrogens (tertiary/aromatic N) is 3. The predicted molar refractivity (Wildman–Crippen MR) is 75.2 cm³/mol. The molecule has 3 N–H and O–H groups in total. The Labute approximate surface area is 110 Å². The highest BCUT2D eigenvalue weighted by atomic mass is 15.3. The van der Waals surface area contributed by atoms with Crippen LogP contribution >= 0.6 is 0 Å². The van der Waals surface area contributed by atoms with E-state index in [9.17, 15) is 0 Å². The van der Waals surface area contributed by atoms with Crippen molar-refractivity contribution < 1.29 is 0 Å². The lowest BCUT2D eigenvalue weighted by atomic mass is 10.1. The maximum atomic E-state index is 5.60. The fourth-order valence-electron chi connectivity index (χ4n) is 1.83. The highest BCUT2D eigenvalue weighted by molar-refractivity contribution is 5.02. The largest absolute Gasteiger partial charge is 0.309 e. The van der Waals surface area contributed by atoms with Crippen molar-refractivity contribution in [2.75, 3.05) is 20.6 Å². The fraction of sp³-hybridized carbons (Fsp3) is 0.769. The Bertz CT molecular complexity index is 334. The second-order valence-electron chi connectivity index (χ2n) is 5.20. The van der Waals surface area contributed by atoms with Gasteiger partial charge in [0.15, 0.2) is 0 Å². The van der Waals surface area contributed by atoms with E-state index in [0.717, 1.165) is 31.5 Å². The van der Waals surface area contributed by atoms with E-state index in [0.29, 0.717) is 6.04 Å². The Morgan fingerprint density at radius 2 is 2.22 bits per heavy atom. The van der Waals surface area contributed by atoms with Gasteiger partial charge in [-0.15, -0.1) is 0 Å². The van der Waals surface area contributed by atoms with E-state index in [1.165, 1.54) is 0 Å². The van der Waals surface area contributed by atoms with Crippen LogP contribution in [0.3, 0.4) is 0 Å². The van der Waals surface area contributed by atoms with Gasteiger partial charge in [0.05, 0.1) is 5.69 Å². The summed E-state index contributed by atoms with van der Waals surface area (Å²) in [5.74, 6) is 5.60. The zero-order valence-corrected chi connectivity index (χ0v) is 12.1. The third kappa shape index (κ3) is 4.76. The maximum absolute atomic E-state index is 5.60. The second-order valence-corrected chi connectivity index (χ2v) is 5.20. The molecule has 0 amide bonds. The van der Waals surface area contributed by atoms with Crippen LogP contribution in [0.15, 0.2) is 12.3 Å². The Hall–Kier alpha value is -0.910. The number of hydrogen-bond acceptors (Lipinski definition) is 4. The van der Waals surface area contributed by atoms with Crippen LogP contribution in [0, 0.1) is 0 Å². The lowest BCUT2D eigenvalue weighted by Crippen LogP contribution is -2.39. The van der Waals surface area contributed by atoms with Crippen molar-refractivity contribution in [2.45, 2.75) is 45.2 Å². The van der Waals surface area contributed by atoms with E-state index in [2.05, 4.69) is 55.6 Å². The first-order valence-corrected chi connectivity index (χ1v) is 6.71. The van der Waals surface area contributed by atoms with Gasteiger partial charge in [0.1, 0.15) is 0 Å². The van der Waals surface area contributed by atoms with Gasteiger partial charge in [0.2, 0.25) is 0 Å². The van der Waals surface area contributed by atoms with Crippen LogP contribution < -0.4 is 11.3 Å². The normalized spacial score (nSPS) is 15.0. The average molecular weight is 253 g/mol. The smallest absolute Gasteiger partial charge is 0.0640 e. The number of nitrogens with two attached hydrogens (primary N) is 1. The number of nitrogens with one attached hydrogen (secondary N) is 1. The van der Waals surface area contributed by atoms with Gasteiger partial charge < -0.3 is 4.90 Å². The van der Waals surface area contributed by atoms with Crippen molar-refractivity contribution >= 4 is 0 Å². The van der Waals surface area contributed by atoms with Gasteiger partial charge >= 0.3 is 0 Å². The summed E-state index contributed by atoms with van der Waals surface area (Å²) in [6.07, 6.45) is 5.07. The summed E-state index contributed by atoms with van der Waals surface area (Å²) in [5.41, 5.74) is 3.99. The number of hydrogen-bond donors (Lipinski definition) is 2. The SMILES string of the molecule is CCC(C)n1ccc(CC(CCN(C)C)NN)n1. The molecule has 1 aromatic rings. The quantitative estimate of drug-likeness (QED) is 0.539. The van der Waals surface area contributed by atoms with Crippen molar-refractivity contribution in [2.24, 2.45) is 5.84 Å². The van der Waals surface area contributed by atoms with Crippen LogP contribution in [0.5, 0.6) is 0 Å². The van der Waals surface area contributed by atoms with Crippen molar-refractivity contribution in [3.63, 3.8) is 0 Å². The molecule has 1 aromatic heterocycles. The zero-order valence-electron chi connectivity index (χ0n) is 12.1. The molecule has 5 nitrogen and oxygen atoms in total. The van der Waals surface area contributed by atoms with Crippen LogP contribution in [0.4, 0.5) is 0 Å². The molecule has 0 spiro atoms. The Morgan fingerprint density at radius 1 is 1.50 bits per heavy atom. The lowest BCUT2D eigenvalue weighted by molar-refractivity contribution is 0.356. The maximum Gasteiger partial charge on any atom is 0.0640 e. The van der Waals surface area contributed by atoms with Crippen LogP contribution in [-0.2, 0) is 6.42 Å². The van der Waals surface area contributed by atoms with Gasteiger partial charge in [-0.25, -0.2) is 0 Å². The van der Waals surface area contributed by atoms with Crippen molar-refractivity contribution in [1.29, 1.82) is 0 Å². The van der Waals surface area contributed by atoms with E-state index in [1.54, 1.807) is 0 Å². The van der Waals surface area contributed by atoms with Crippen molar-refractivity contribution in [3.8, 4) is 0 Å². The van der Waals surface area contributed by atoms with Gasteiger partial charge in [-0.2, -0.15) is 5.10 Å². The Balaban J connectivity index is 2.51. The minimum Gasteiger partial charge on any atom is -0.309 e. The predicted octanol–water partition coefficient (Wildman–Crippen LogP) is 1.18. The molecule has 2 unspecified atom stereocenters. The molecule has 0 saturated carbocycles. The van der Waals surface area contributed by atoms with E-state index >= 15 is 0 Å². The summed E-state index contributed by atoms with van der Waals surface area (Å²) in [6.45, 7) is 5.38. The molecule has 1 heterocycles. The summed E-state index contributed by atoms with van der Waals surface area (Å²) in [6, 6.07) is 2.84. The van der Waals surface area contributed by atoms with Gasteiger partial charge in [-0.05, 0) is 46.5 Å². The van der Waals surface area contributed by atoms with Crippen LogP contribution in [0.2, 0.25) is 0 Å². The van der Waals surface area contributed by atoms with Crippen molar-refractivity contribution in [1.82, 2.24) is 20.1 Å². The van der Waals surface area contributed by atoms with E-state index in [1.807, 2.05) is 4.68 Å². The van der Waals surface area contributed by atoms with Gasteiger partial charge in [0.25, 0.3) is 0 Å². The first-order chi connectivity index (χ1) is 8.56. The minimum absolute atomic E-state index is 0.285. The molecule has 0 aliphatic rings. The molecule has 0 bridgehead atoms. The summed E-state index contributed by atoms with van der Waals surface area (Å²) < 4.78 is 2.04. The first kappa shape index (κ1) is 15.1. The molecule has 0 saturated heterocycles. The van der Waals surface area contributed by atoms with E-state index in [4.69, 9.17) is 5.84 Å². The van der Waals surface area contributed by atoms with E-state index in [-0.39, 0.29) is 6.04 Å². The molecule has 5 heteroatoms. The number of aromatic nitrogens is 2. The first-order valence-electron chi connectivity index (χ1n) is 6.71. The molecule has 2 atom stereocenters. The number of hydrazine groups is 1. The molecule has 0 aliphatic heterocycles. The van der Waals surface area contributed by atoms with E-state index < -0.39 is 0 Å². The molecule has 0 aromatic carbocycles. The summed E-state index contributed by atoms with van der Waals surface area (Å²) in [5, 5.41) is 4.60. The Morgan fingerprint density at radius 3 is 2.78 bits per heavy atom. The third-order valence-electron chi connectivity index (χ3n) is 3.32. The van der Waals surface area contributed by atoms with Crippen LogP contribution in [0.1, 0.15) is 38.4 Å². The van der Waals surface area contributed by atoms with Gasteiger partial charge in [-0.1, -0.05) is 6.92 Å². The average Bonchev–Trinajstić information content (AvgIpc) is 2.81. The highest BCUT2D eigenvalue weighted by Gasteiger charge is 2.11.